The van der Waals surface area contributed by atoms with Gasteiger partial charge in [0.15, 0.2) is 0 Å². The van der Waals surface area contributed by atoms with E-state index in [1.165, 1.54) is 44.5 Å². The maximum Gasteiger partial charge on any atom is 0.149 e. The van der Waals surface area contributed by atoms with Crippen molar-refractivity contribution in [3.8, 4) is 0 Å². The molecule has 0 aliphatic carbocycles. The van der Waals surface area contributed by atoms with Crippen LogP contribution in [0, 0.1) is 0 Å². The molecule has 0 aromatic rings. The van der Waals surface area contributed by atoms with Gasteiger partial charge in [0.05, 0.1) is 0 Å². The minimum atomic E-state index is 0. The fourth-order valence-corrected chi connectivity index (χ4v) is 1.82. The molecule has 2 aliphatic rings. The van der Waals surface area contributed by atoms with E-state index < -0.39 is 0 Å². The van der Waals surface area contributed by atoms with Gasteiger partial charge >= 0.3 is 0 Å². The summed E-state index contributed by atoms with van der Waals surface area (Å²) < 4.78 is 2.32. The Hall–Kier alpha value is 1.00. The Morgan fingerprint density at radius 2 is 1.88 bits per heavy atom. The van der Waals surface area contributed by atoms with Crippen LogP contribution in [0.1, 0.15) is 32.6 Å². The van der Waals surface area contributed by atoms with Gasteiger partial charge in [-0.05, 0) is 12.8 Å². The van der Waals surface area contributed by atoms with E-state index in [-0.39, 0.29) is 53.8 Å². The van der Waals surface area contributed by atoms with Crippen LogP contribution >= 0.6 is 0 Å². The van der Waals surface area contributed by atoms with Gasteiger partial charge in [-0.15, -0.1) is 0 Å². The van der Waals surface area contributed by atoms with E-state index >= 15 is 0 Å². The molecular weight excluding hydrogens is 445 g/mol. The molecule has 0 N–H and O–H groups in total. The summed E-state index contributed by atoms with van der Waals surface area (Å²) >= 11 is 0. The Kier molecular flexibility index (Phi) is 12.1. The normalized spacial score (nSPS) is 18.7. The molecule has 0 aromatic heterocycles. The van der Waals surface area contributed by atoms with E-state index in [4.69, 9.17) is 0 Å². The van der Waals surface area contributed by atoms with Gasteiger partial charge in [0.25, 0.3) is 0 Å². The van der Waals surface area contributed by atoms with Crippen LogP contribution in [0.3, 0.4) is 0 Å². The summed E-state index contributed by atoms with van der Waals surface area (Å²) in [7, 11) is 4.25. The third kappa shape index (κ3) is 6.67. The monoisotopic (exact) mass is 468 g/mol. The van der Waals surface area contributed by atoms with E-state index in [1.54, 1.807) is 5.71 Å². The molecule has 0 spiro atoms. The van der Waals surface area contributed by atoms with Crippen LogP contribution in [0.25, 0.3) is 0 Å². The van der Waals surface area contributed by atoms with Crippen LogP contribution in [-0.2, 0) is 53.8 Å². The number of hydrogen-bond acceptors (Lipinski definition) is 1. The van der Waals surface area contributed by atoms with E-state index in [2.05, 4.69) is 37.1 Å². The smallest absolute Gasteiger partial charge is 0.149 e. The number of nitrogens with zero attached hydrogens (tertiary/aromatic N) is 2. The predicted molar refractivity (Wildman–Crippen MR) is 62.0 cm³/mol. The van der Waals surface area contributed by atoms with Crippen molar-refractivity contribution in [2.24, 2.45) is 0 Å². The largest absolute Gasteiger partial charge is 0.378 e. The topological polar surface area (TPSA) is 6.25 Å². The van der Waals surface area contributed by atoms with Crippen LogP contribution in [0.4, 0.5) is 0 Å². The molecule has 1 radical (unpaired) electrons. The van der Waals surface area contributed by atoms with Crippen molar-refractivity contribution in [3.63, 3.8) is 0 Å². The van der Waals surface area contributed by atoms with Gasteiger partial charge in [0.1, 0.15) is 19.3 Å². The van der Waals surface area contributed by atoms with Crippen LogP contribution in [0.2, 0.25) is 0 Å². The maximum atomic E-state index is 3.86. The number of rotatable bonds is 0. The molecule has 2 rings (SSSR count). The first-order chi connectivity index (χ1) is 6.61. The van der Waals surface area contributed by atoms with E-state index in [1.807, 2.05) is 0 Å². The SMILES string of the molecule is C=C1CCCN1C.CC1=[N+](C)CCC1.[W].[Y]. The average Bonchev–Trinajstić information content (AvgIpc) is 2.67. The molecule has 2 aliphatic heterocycles. The van der Waals surface area contributed by atoms with Gasteiger partial charge in [-0.25, -0.2) is 4.58 Å². The molecule has 0 atom stereocenters. The standard InChI is InChI=1S/C6H12N.C6H11N.W.Y/c2*1-6-4-3-5-7(6)2;;/h3-5H2,1-2H3;1,3-5H2,2H3;;/q+1;;;. The Morgan fingerprint density at radius 1 is 1.25 bits per heavy atom. The molecule has 0 unspecified atom stereocenters. The zero-order valence-corrected chi connectivity index (χ0v) is 16.6. The third-order valence-corrected chi connectivity index (χ3v) is 3.18. The summed E-state index contributed by atoms with van der Waals surface area (Å²) in [5.74, 6) is 0. The quantitative estimate of drug-likeness (QED) is 0.494. The van der Waals surface area contributed by atoms with Gasteiger partial charge < -0.3 is 4.90 Å². The fourth-order valence-electron chi connectivity index (χ4n) is 1.82. The van der Waals surface area contributed by atoms with Crippen LogP contribution < -0.4 is 0 Å². The van der Waals surface area contributed by atoms with Crippen molar-refractivity contribution in [1.82, 2.24) is 4.90 Å². The fraction of sp³-hybridized carbons (Fsp3) is 0.750. The average molecular weight is 468 g/mol. The summed E-state index contributed by atoms with van der Waals surface area (Å²) in [6.45, 7) is 8.54. The summed E-state index contributed by atoms with van der Waals surface area (Å²) in [5, 5.41) is 0. The number of allylic oxidation sites excluding steroid dienone is 1. The molecule has 1 saturated heterocycles. The predicted octanol–water partition coefficient (Wildman–Crippen LogP) is 2.10. The molecule has 2 heterocycles. The van der Waals surface area contributed by atoms with Crippen molar-refractivity contribution in [3.05, 3.63) is 12.3 Å². The first-order valence-corrected chi connectivity index (χ1v) is 5.53. The molecule has 2 nitrogen and oxygen atoms in total. The molecule has 0 saturated carbocycles. The van der Waals surface area contributed by atoms with E-state index in [9.17, 15) is 0 Å². The molecule has 0 aromatic carbocycles. The molecule has 0 bridgehead atoms. The van der Waals surface area contributed by atoms with Crippen LogP contribution in [0.5, 0.6) is 0 Å². The van der Waals surface area contributed by atoms with Crippen molar-refractivity contribution >= 4 is 5.71 Å². The minimum Gasteiger partial charge on any atom is -0.378 e. The van der Waals surface area contributed by atoms with Crippen molar-refractivity contribution in [1.29, 1.82) is 0 Å². The van der Waals surface area contributed by atoms with E-state index in [0.29, 0.717) is 0 Å². The summed E-state index contributed by atoms with van der Waals surface area (Å²) in [5.41, 5.74) is 2.83. The van der Waals surface area contributed by atoms with Gasteiger partial charge in [0, 0.05) is 92.8 Å². The second-order valence-electron chi connectivity index (χ2n) is 4.35. The molecular formula is C12H23N2WY+. The molecule has 89 valence electrons. The van der Waals surface area contributed by atoms with Gasteiger partial charge in [-0.2, -0.15) is 0 Å². The number of likely N-dealkylation sites (tertiary alicyclic amines) is 1. The summed E-state index contributed by atoms with van der Waals surface area (Å²) in [6, 6.07) is 0. The molecule has 4 heteroatoms. The first kappa shape index (κ1) is 19.3. The van der Waals surface area contributed by atoms with Gasteiger partial charge in [-0.3, -0.25) is 0 Å². The summed E-state index contributed by atoms with van der Waals surface area (Å²) in [4.78, 5) is 2.21. The van der Waals surface area contributed by atoms with Crippen molar-refractivity contribution in [2.45, 2.75) is 32.6 Å². The Morgan fingerprint density at radius 3 is 2.00 bits per heavy atom. The summed E-state index contributed by atoms with van der Waals surface area (Å²) in [6.07, 6.45) is 5.19. The van der Waals surface area contributed by atoms with Gasteiger partial charge in [0.2, 0.25) is 0 Å². The third-order valence-electron chi connectivity index (χ3n) is 3.18. The van der Waals surface area contributed by atoms with Gasteiger partial charge in [-0.1, -0.05) is 6.58 Å². The van der Waals surface area contributed by atoms with E-state index in [0.717, 1.165) is 0 Å². The second kappa shape index (κ2) is 9.97. The zero-order valence-electron chi connectivity index (χ0n) is 10.8. The molecule has 1 fully saturated rings. The van der Waals surface area contributed by atoms with Crippen LogP contribution in [-0.4, -0.2) is 42.4 Å². The van der Waals surface area contributed by atoms with Crippen molar-refractivity contribution in [2.75, 3.05) is 27.2 Å². The Balaban J connectivity index is 0. The minimum absolute atomic E-state index is 0. The Labute approximate surface area is 140 Å². The van der Waals surface area contributed by atoms with Crippen LogP contribution in [0.15, 0.2) is 12.3 Å². The number of hydrogen-bond donors (Lipinski definition) is 0. The second-order valence-corrected chi connectivity index (χ2v) is 4.35. The maximum absolute atomic E-state index is 3.86. The zero-order chi connectivity index (χ0) is 10.6. The Bertz CT molecular complexity index is 239. The van der Waals surface area contributed by atoms with Crippen molar-refractivity contribution < 1.29 is 58.3 Å². The molecule has 0 amide bonds. The molecule has 16 heavy (non-hydrogen) atoms. The first-order valence-electron chi connectivity index (χ1n) is 5.53.